The third-order valence-electron chi connectivity index (χ3n) is 2.18. The standard InChI is InChI=1S/C11H11BrClN3/c1-14-7-8-5-6-16(15-8)10-4-2-3-9(13)11(10)12/h2-6,14H,7H2,1H3. The van der Waals surface area contributed by atoms with E-state index in [0.717, 1.165) is 22.4 Å². The number of hydrogen-bond donors (Lipinski definition) is 1. The molecule has 3 nitrogen and oxygen atoms in total. The lowest BCUT2D eigenvalue weighted by atomic mass is 10.3. The number of benzene rings is 1. The summed E-state index contributed by atoms with van der Waals surface area (Å²) in [5, 5.41) is 8.18. The van der Waals surface area contributed by atoms with Gasteiger partial charge in [-0.1, -0.05) is 17.7 Å². The number of rotatable bonds is 3. The number of hydrogen-bond acceptors (Lipinski definition) is 2. The van der Waals surface area contributed by atoms with Crippen LogP contribution in [0.2, 0.25) is 5.02 Å². The van der Waals surface area contributed by atoms with E-state index in [1.165, 1.54) is 0 Å². The van der Waals surface area contributed by atoms with Crippen LogP contribution < -0.4 is 5.32 Å². The Hall–Kier alpha value is -0.840. The topological polar surface area (TPSA) is 29.9 Å². The zero-order valence-electron chi connectivity index (χ0n) is 8.74. The lowest BCUT2D eigenvalue weighted by Crippen LogP contribution is -2.06. The van der Waals surface area contributed by atoms with E-state index in [0.29, 0.717) is 5.02 Å². The molecule has 0 spiro atoms. The van der Waals surface area contributed by atoms with Gasteiger partial charge < -0.3 is 5.32 Å². The molecular formula is C11H11BrClN3. The summed E-state index contributed by atoms with van der Waals surface area (Å²) in [7, 11) is 1.90. The maximum atomic E-state index is 6.03. The van der Waals surface area contributed by atoms with E-state index >= 15 is 0 Å². The van der Waals surface area contributed by atoms with Gasteiger partial charge in [-0.25, -0.2) is 4.68 Å². The third kappa shape index (κ3) is 2.29. The Kier molecular flexibility index (Phi) is 3.63. The predicted molar refractivity (Wildman–Crippen MR) is 69.0 cm³/mol. The van der Waals surface area contributed by atoms with E-state index in [4.69, 9.17) is 11.6 Å². The van der Waals surface area contributed by atoms with Crippen molar-refractivity contribution in [2.24, 2.45) is 0 Å². The predicted octanol–water partition coefficient (Wildman–Crippen LogP) is 3.01. The molecule has 0 unspecified atom stereocenters. The van der Waals surface area contributed by atoms with Crippen molar-refractivity contribution >= 4 is 27.5 Å². The molecule has 0 atom stereocenters. The fourth-order valence-electron chi connectivity index (χ4n) is 1.44. The summed E-state index contributed by atoms with van der Waals surface area (Å²) in [6.07, 6.45) is 1.92. The minimum absolute atomic E-state index is 0.683. The van der Waals surface area contributed by atoms with Crippen LogP contribution in [0, 0.1) is 0 Å². The van der Waals surface area contributed by atoms with E-state index in [2.05, 4.69) is 26.3 Å². The fraction of sp³-hybridized carbons (Fsp3) is 0.182. The zero-order valence-corrected chi connectivity index (χ0v) is 11.1. The molecule has 16 heavy (non-hydrogen) atoms. The van der Waals surface area contributed by atoms with Gasteiger partial charge in [0.15, 0.2) is 0 Å². The Morgan fingerprint density at radius 1 is 1.44 bits per heavy atom. The molecule has 2 rings (SSSR count). The third-order valence-corrected chi connectivity index (χ3v) is 3.56. The summed E-state index contributed by atoms with van der Waals surface area (Å²) in [6, 6.07) is 7.69. The normalized spacial score (nSPS) is 10.7. The summed E-state index contributed by atoms with van der Waals surface area (Å²) < 4.78 is 2.67. The van der Waals surface area contributed by atoms with E-state index in [9.17, 15) is 0 Å². The van der Waals surface area contributed by atoms with Crippen molar-refractivity contribution in [1.29, 1.82) is 0 Å². The number of aromatic nitrogens is 2. The molecule has 0 aliphatic carbocycles. The van der Waals surface area contributed by atoms with Crippen LogP contribution in [0.4, 0.5) is 0 Å². The molecule has 1 heterocycles. The van der Waals surface area contributed by atoms with Gasteiger partial charge in [0, 0.05) is 12.7 Å². The fourth-order valence-corrected chi connectivity index (χ4v) is 2.06. The van der Waals surface area contributed by atoms with Crippen molar-refractivity contribution in [3.8, 4) is 5.69 Å². The molecule has 1 N–H and O–H groups in total. The van der Waals surface area contributed by atoms with Gasteiger partial charge in [-0.05, 0) is 41.2 Å². The van der Waals surface area contributed by atoms with Crippen LogP contribution in [-0.4, -0.2) is 16.8 Å². The number of halogens is 2. The van der Waals surface area contributed by atoms with Crippen LogP contribution in [0.1, 0.15) is 5.69 Å². The van der Waals surface area contributed by atoms with Crippen molar-refractivity contribution in [1.82, 2.24) is 15.1 Å². The van der Waals surface area contributed by atoms with Gasteiger partial charge in [0.25, 0.3) is 0 Å². The van der Waals surface area contributed by atoms with Crippen molar-refractivity contribution in [2.75, 3.05) is 7.05 Å². The molecule has 5 heteroatoms. The molecular weight excluding hydrogens is 289 g/mol. The molecule has 1 aromatic carbocycles. The first-order valence-electron chi connectivity index (χ1n) is 4.86. The minimum Gasteiger partial charge on any atom is -0.314 e. The van der Waals surface area contributed by atoms with Crippen LogP contribution in [0.25, 0.3) is 5.69 Å². The second-order valence-electron chi connectivity index (χ2n) is 3.35. The smallest absolute Gasteiger partial charge is 0.0802 e. The molecule has 0 radical (unpaired) electrons. The Balaban J connectivity index is 2.39. The summed E-state index contributed by atoms with van der Waals surface area (Å²) in [6.45, 7) is 0.755. The molecule has 0 aliphatic heterocycles. The van der Waals surface area contributed by atoms with Gasteiger partial charge in [-0.15, -0.1) is 0 Å². The second-order valence-corrected chi connectivity index (χ2v) is 4.56. The van der Waals surface area contributed by atoms with E-state index in [-0.39, 0.29) is 0 Å². The average molecular weight is 301 g/mol. The zero-order chi connectivity index (χ0) is 11.5. The molecule has 0 fully saturated rings. The highest BCUT2D eigenvalue weighted by Crippen LogP contribution is 2.28. The molecule has 0 saturated heterocycles. The van der Waals surface area contributed by atoms with Crippen LogP contribution in [-0.2, 0) is 6.54 Å². The van der Waals surface area contributed by atoms with E-state index in [1.54, 1.807) is 0 Å². The first kappa shape index (κ1) is 11.6. The van der Waals surface area contributed by atoms with Crippen LogP contribution >= 0.6 is 27.5 Å². The van der Waals surface area contributed by atoms with Gasteiger partial charge in [-0.3, -0.25) is 0 Å². The summed E-state index contributed by atoms with van der Waals surface area (Å²) in [5.74, 6) is 0. The van der Waals surface area contributed by atoms with Crippen LogP contribution in [0.15, 0.2) is 34.9 Å². The Bertz CT molecular complexity index is 496. The van der Waals surface area contributed by atoms with Crippen molar-refractivity contribution in [2.45, 2.75) is 6.54 Å². The molecule has 84 valence electrons. The summed E-state index contributed by atoms with van der Waals surface area (Å²) in [4.78, 5) is 0. The lowest BCUT2D eigenvalue weighted by molar-refractivity contribution is 0.756. The number of nitrogens with zero attached hydrogens (tertiary/aromatic N) is 2. The first-order valence-corrected chi connectivity index (χ1v) is 6.03. The van der Waals surface area contributed by atoms with Gasteiger partial charge in [0.05, 0.1) is 20.9 Å². The van der Waals surface area contributed by atoms with Gasteiger partial charge in [0.1, 0.15) is 0 Å². The molecule has 1 aromatic heterocycles. The van der Waals surface area contributed by atoms with Gasteiger partial charge >= 0.3 is 0 Å². The SMILES string of the molecule is CNCc1ccn(-c2cccc(Cl)c2Br)n1. The van der Waals surface area contributed by atoms with Crippen LogP contribution in [0.3, 0.4) is 0 Å². The summed E-state index contributed by atoms with van der Waals surface area (Å²) >= 11 is 9.49. The highest BCUT2D eigenvalue weighted by Gasteiger charge is 2.07. The van der Waals surface area contributed by atoms with Gasteiger partial charge in [-0.2, -0.15) is 5.10 Å². The Morgan fingerprint density at radius 3 is 3.00 bits per heavy atom. The van der Waals surface area contributed by atoms with E-state index < -0.39 is 0 Å². The number of nitrogens with one attached hydrogen (secondary N) is 1. The largest absolute Gasteiger partial charge is 0.314 e. The van der Waals surface area contributed by atoms with E-state index in [1.807, 2.05) is 42.2 Å². The quantitative estimate of drug-likeness (QED) is 0.944. The molecule has 0 aliphatic rings. The average Bonchev–Trinajstić information content (AvgIpc) is 2.71. The minimum atomic E-state index is 0.683. The maximum Gasteiger partial charge on any atom is 0.0802 e. The highest BCUT2D eigenvalue weighted by molar-refractivity contribution is 9.10. The van der Waals surface area contributed by atoms with Crippen molar-refractivity contribution in [3.05, 3.63) is 45.7 Å². The van der Waals surface area contributed by atoms with Crippen molar-refractivity contribution in [3.63, 3.8) is 0 Å². The molecule has 0 saturated carbocycles. The Morgan fingerprint density at radius 2 is 2.25 bits per heavy atom. The first-order chi connectivity index (χ1) is 7.72. The molecule has 0 amide bonds. The summed E-state index contributed by atoms with van der Waals surface area (Å²) in [5.41, 5.74) is 1.93. The Labute approximate surface area is 108 Å². The lowest BCUT2D eigenvalue weighted by Gasteiger charge is -2.05. The highest BCUT2D eigenvalue weighted by atomic mass is 79.9. The van der Waals surface area contributed by atoms with Crippen LogP contribution in [0.5, 0.6) is 0 Å². The monoisotopic (exact) mass is 299 g/mol. The maximum absolute atomic E-state index is 6.03. The second kappa shape index (κ2) is 4.99. The van der Waals surface area contributed by atoms with Crippen molar-refractivity contribution < 1.29 is 0 Å². The molecule has 2 aromatic rings. The molecule has 0 bridgehead atoms. The van der Waals surface area contributed by atoms with Gasteiger partial charge in [0.2, 0.25) is 0 Å².